The van der Waals surface area contributed by atoms with Crippen molar-refractivity contribution in [2.45, 2.75) is 12.2 Å². The van der Waals surface area contributed by atoms with Crippen molar-refractivity contribution in [3.63, 3.8) is 0 Å². The Hall–Kier alpha value is -3.32. The van der Waals surface area contributed by atoms with E-state index in [0.29, 0.717) is 26.2 Å². The summed E-state index contributed by atoms with van der Waals surface area (Å²) in [7, 11) is 0. The van der Waals surface area contributed by atoms with Crippen LogP contribution >= 0.6 is 0 Å². The van der Waals surface area contributed by atoms with Crippen molar-refractivity contribution in [2.24, 2.45) is 0 Å². The first-order valence-electron chi connectivity index (χ1n) is 10.5. The molecule has 1 heterocycles. The van der Waals surface area contributed by atoms with Crippen LogP contribution in [0.3, 0.4) is 0 Å². The van der Waals surface area contributed by atoms with Crippen LogP contribution in [-0.2, 0) is 6.18 Å². The zero-order chi connectivity index (χ0) is 22.6. The molecule has 1 aliphatic rings. The predicted molar refractivity (Wildman–Crippen MR) is 118 cm³/mol. The first kappa shape index (κ1) is 21.9. The number of amides is 2. The smallest absolute Gasteiger partial charge is 0.322 e. The number of alkyl halides is 3. The minimum Gasteiger partial charge on any atom is -0.322 e. The Morgan fingerprint density at radius 2 is 1.34 bits per heavy atom. The molecule has 3 aromatic rings. The summed E-state index contributed by atoms with van der Waals surface area (Å²) in [4.78, 5) is 16.6. The summed E-state index contributed by atoms with van der Waals surface area (Å²) < 4.78 is 38.8. The molecule has 1 fully saturated rings. The highest BCUT2D eigenvalue weighted by atomic mass is 19.4. The summed E-state index contributed by atoms with van der Waals surface area (Å²) in [5.74, 6) is 0. The van der Waals surface area contributed by atoms with Crippen LogP contribution in [0.5, 0.6) is 0 Å². The molecule has 3 aromatic carbocycles. The lowest BCUT2D eigenvalue weighted by atomic mass is 9.96. The van der Waals surface area contributed by atoms with Gasteiger partial charge in [0.05, 0.1) is 11.6 Å². The molecule has 166 valence electrons. The first-order valence-corrected chi connectivity index (χ1v) is 10.5. The Morgan fingerprint density at radius 3 is 1.88 bits per heavy atom. The molecule has 0 bridgehead atoms. The topological polar surface area (TPSA) is 35.6 Å². The summed E-state index contributed by atoms with van der Waals surface area (Å²) in [5.41, 5.74) is 1.72. The van der Waals surface area contributed by atoms with Crippen molar-refractivity contribution in [3.8, 4) is 0 Å². The highest BCUT2D eigenvalue weighted by Crippen LogP contribution is 2.31. The average molecular weight is 439 g/mol. The predicted octanol–water partition coefficient (Wildman–Crippen LogP) is 5.64. The van der Waals surface area contributed by atoms with Crippen molar-refractivity contribution in [3.05, 3.63) is 102 Å². The third-order valence-electron chi connectivity index (χ3n) is 5.64. The second-order valence-corrected chi connectivity index (χ2v) is 7.76. The standard InChI is InChI=1S/C25H24F3N3O/c26-25(27,28)21-12-7-13-22(18-21)29-24(32)31-16-14-30(15-17-31)23(19-8-3-1-4-9-19)20-10-5-2-6-11-20/h1-13,18,23H,14-17H2,(H,29,32). The van der Waals surface area contributed by atoms with Gasteiger partial charge in [0, 0.05) is 31.9 Å². The van der Waals surface area contributed by atoms with Crippen molar-refractivity contribution in [1.82, 2.24) is 9.80 Å². The molecule has 32 heavy (non-hydrogen) atoms. The number of nitrogens with zero attached hydrogens (tertiary/aromatic N) is 2. The molecule has 1 saturated heterocycles. The van der Waals surface area contributed by atoms with Crippen LogP contribution in [-0.4, -0.2) is 42.0 Å². The van der Waals surface area contributed by atoms with Gasteiger partial charge in [0.25, 0.3) is 0 Å². The maximum Gasteiger partial charge on any atom is 0.416 e. The fourth-order valence-electron chi connectivity index (χ4n) is 4.04. The highest BCUT2D eigenvalue weighted by Gasteiger charge is 2.31. The van der Waals surface area contributed by atoms with E-state index in [2.05, 4.69) is 34.5 Å². The SMILES string of the molecule is O=C(Nc1cccc(C(F)(F)F)c1)N1CCN(C(c2ccccc2)c2ccccc2)CC1. The number of carbonyl (C=O) groups excluding carboxylic acids is 1. The number of carbonyl (C=O) groups is 1. The molecular formula is C25H24F3N3O. The lowest BCUT2D eigenvalue weighted by Gasteiger charge is -2.39. The Morgan fingerprint density at radius 1 is 0.781 bits per heavy atom. The van der Waals surface area contributed by atoms with Crippen LogP contribution in [0, 0.1) is 0 Å². The molecule has 0 spiro atoms. The second-order valence-electron chi connectivity index (χ2n) is 7.76. The minimum atomic E-state index is -4.45. The number of benzene rings is 3. The van der Waals surface area contributed by atoms with E-state index in [0.717, 1.165) is 12.1 Å². The quantitative estimate of drug-likeness (QED) is 0.571. The Balaban J connectivity index is 1.43. The molecule has 0 atom stereocenters. The van der Waals surface area contributed by atoms with Crippen LogP contribution in [0.1, 0.15) is 22.7 Å². The molecule has 0 aliphatic carbocycles. The largest absolute Gasteiger partial charge is 0.416 e. The third-order valence-corrected chi connectivity index (χ3v) is 5.64. The van der Waals surface area contributed by atoms with Gasteiger partial charge < -0.3 is 10.2 Å². The van der Waals surface area contributed by atoms with E-state index in [9.17, 15) is 18.0 Å². The van der Waals surface area contributed by atoms with E-state index in [4.69, 9.17) is 0 Å². The molecule has 0 aromatic heterocycles. The van der Waals surface area contributed by atoms with Crippen LogP contribution in [0.15, 0.2) is 84.9 Å². The lowest BCUT2D eigenvalue weighted by Crippen LogP contribution is -2.51. The van der Waals surface area contributed by atoms with Crippen LogP contribution in [0.25, 0.3) is 0 Å². The minimum absolute atomic E-state index is 0.0751. The van der Waals surface area contributed by atoms with E-state index in [-0.39, 0.29) is 17.8 Å². The molecule has 0 radical (unpaired) electrons. The highest BCUT2D eigenvalue weighted by molar-refractivity contribution is 5.89. The fraction of sp³-hybridized carbons (Fsp3) is 0.240. The lowest BCUT2D eigenvalue weighted by molar-refractivity contribution is -0.137. The maximum absolute atomic E-state index is 12.9. The maximum atomic E-state index is 12.9. The summed E-state index contributed by atoms with van der Waals surface area (Å²) >= 11 is 0. The first-order chi connectivity index (χ1) is 15.4. The van der Waals surface area contributed by atoms with Gasteiger partial charge in [0.2, 0.25) is 0 Å². The van der Waals surface area contributed by atoms with Gasteiger partial charge in [-0.05, 0) is 29.3 Å². The van der Waals surface area contributed by atoms with E-state index in [1.54, 1.807) is 4.90 Å². The fourth-order valence-corrected chi connectivity index (χ4v) is 4.04. The number of piperazine rings is 1. The van der Waals surface area contributed by atoms with Gasteiger partial charge >= 0.3 is 12.2 Å². The molecular weight excluding hydrogens is 415 g/mol. The molecule has 1 aliphatic heterocycles. The molecule has 7 heteroatoms. The van der Waals surface area contributed by atoms with Crippen LogP contribution < -0.4 is 5.32 Å². The number of hydrogen-bond donors (Lipinski definition) is 1. The molecule has 2 amide bonds. The monoisotopic (exact) mass is 439 g/mol. The van der Waals surface area contributed by atoms with E-state index in [1.165, 1.54) is 23.3 Å². The second kappa shape index (κ2) is 9.44. The normalized spacial score (nSPS) is 15.1. The Kier molecular flexibility index (Phi) is 6.46. The van der Waals surface area contributed by atoms with Gasteiger partial charge in [0.1, 0.15) is 0 Å². The van der Waals surface area contributed by atoms with Gasteiger partial charge in [-0.25, -0.2) is 4.79 Å². The summed E-state index contributed by atoms with van der Waals surface area (Å²) in [6.45, 7) is 2.29. The molecule has 4 nitrogen and oxygen atoms in total. The van der Waals surface area contributed by atoms with Crippen molar-refractivity contribution >= 4 is 11.7 Å². The number of nitrogens with one attached hydrogen (secondary N) is 1. The molecule has 0 saturated carbocycles. The van der Waals surface area contributed by atoms with Gasteiger partial charge in [0.15, 0.2) is 0 Å². The Bertz CT molecular complexity index is 994. The third kappa shape index (κ3) is 5.11. The Labute approximate surface area is 185 Å². The van der Waals surface area contributed by atoms with Gasteiger partial charge in [-0.3, -0.25) is 4.90 Å². The van der Waals surface area contributed by atoms with E-state index >= 15 is 0 Å². The summed E-state index contributed by atoms with van der Waals surface area (Å²) in [6, 6.07) is 24.8. The van der Waals surface area contributed by atoms with Crippen molar-refractivity contribution in [2.75, 3.05) is 31.5 Å². The van der Waals surface area contributed by atoms with Gasteiger partial charge in [-0.15, -0.1) is 0 Å². The van der Waals surface area contributed by atoms with E-state index < -0.39 is 11.7 Å². The molecule has 1 N–H and O–H groups in total. The summed E-state index contributed by atoms with van der Waals surface area (Å²) in [6.07, 6.45) is -4.45. The van der Waals surface area contributed by atoms with Crippen LogP contribution in [0.2, 0.25) is 0 Å². The molecule has 4 rings (SSSR count). The number of urea groups is 1. The van der Waals surface area contributed by atoms with E-state index in [1.807, 2.05) is 36.4 Å². The van der Waals surface area contributed by atoms with Gasteiger partial charge in [-0.1, -0.05) is 66.7 Å². The van der Waals surface area contributed by atoms with Crippen LogP contribution in [0.4, 0.5) is 23.7 Å². The molecule has 0 unspecified atom stereocenters. The number of anilines is 1. The zero-order valence-electron chi connectivity index (χ0n) is 17.4. The van der Waals surface area contributed by atoms with Crippen molar-refractivity contribution < 1.29 is 18.0 Å². The number of halogens is 3. The number of rotatable bonds is 4. The van der Waals surface area contributed by atoms with Crippen molar-refractivity contribution in [1.29, 1.82) is 0 Å². The zero-order valence-corrected chi connectivity index (χ0v) is 17.4. The van der Waals surface area contributed by atoms with Gasteiger partial charge in [-0.2, -0.15) is 13.2 Å². The summed E-state index contributed by atoms with van der Waals surface area (Å²) in [5, 5.41) is 2.60. The average Bonchev–Trinajstić information content (AvgIpc) is 2.81. The number of hydrogen-bond acceptors (Lipinski definition) is 2.